The average Bonchev–Trinajstić information content (AvgIpc) is 2.87. The van der Waals surface area contributed by atoms with Gasteiger partial charge in [0.15, 0.2) is 5.13 Å². The fraction of sp³-hybridized carbons (Fsp3) is 0.357. The summed E-state index contributed by atoms with van der Waals surface area (Å²) in [5.74, 6) is 0. The van der Waals surface area contributed by atoms with Crippen LogP contribution in [0.15, 0.2) is 29.6 Å². The zero-order valence-corrected chi connectivity index (χ0v) is 12.0. The maximum atomic E-state index is 6.14. The number of halogens is 1. The van der Waals surface area contributed by atoms with Gasteiger partial charge in [0.1, 0.15) is 0 Å². The molecular formula is C14H15ClN2OS. The molecule has 1 aromatic carbocycles. The van der Waals surface area contributed by atoms with E-state index >= 15 is 0 Å². The van der Waals surface area contributed by atoms with Crippen molar-refractivity contribution >= 4 is 28.1 Å². The number of anilines is 1. The second kappa shape index (κ2) is 5.12. The van der Waals surface area contributed by atoms with Crippen molar-refractivity contribution < 1.29 is 4.74 Å². The first kappa shape index (κ1) is 12.9. The van der Waals surface area contributed by atoms with Gasteiger partial charge in [0, 0.05) is 29.0 Å². The first-order chi connectivity index (χ1) is 9.21. The molecular weight excluding hydrogens is 280 g/mol. The molecule has 0 spiro atoms. The van der Waals surface area contributed by atoms with Crippen LogP contribution >= 0.6 is 22.9 Å². The molecule has 0 bridgehead atoms. The van der Waals surface area contributed by atoms with Gasteiger partial charge in [0.25, 0.3) is 0 Å². The summed E-state index contributed by atoms with van der Waals surface area (Å²) >= 11 is 7.63. The maximum absolute atomic E-state index is 6.14. The molecule has 2 heterocycles. The van der Waals surface area contributed by atoms with E-state index in [9.17, 15) is 0 Å². The van der Waals surface area contributed by atoms with Crippen molar-refractivity contribution in [2.75, 3.05) is 18.9 Å². The molecule has 1 aliphatic heterocycles. The highest BCUT2D eigenvalue weighted by Gasteiger charge is 2.38. The highest BCUT2D eigenvalue weighted by molar-refractivity contribution is 7.13. The first-order valence-electron chi connectivity index (χ1n) is 6.26. The number of nitrogens with two attached hydrogens (primary N) is 1. The molecule has 2 N–H and O–H groups in total. The molecule has 1 aromatic heterocycles. The Labute approximate surface area is 121 Å². The molecule has 5 heteroatoms. The van der Waals surface area contributed by atoms with Crippen LogP contribution in [0.5, 0.6) is 0 Å². The van der Waals surface area contributed by atoms with E-state index in [0.29, 0.717) is 5.13 Å². The van der Waals surface area contributed by atoms with Crippen LogP contribution in [0.25, 0.3) is 0 Å². The number of hydrogen-bond donors (Lipinski definition) is 1. The third-order valence-electron chi connectivity index (χ3n) is 3.74. The molecule has 0 aliphatic carbocycles. The van der Waals surface area contributed by atoms with Gasteiger partial charge in [-0.25, -0.2) is 4.98 Å². The lowest BCUT2D eigenvalue weighted by Crippen LogP contribution is -2.35. The third kappa shape index (κ3) is 2.36. The molecule has 1 aliphatic rings. The van der Waals surface area contributed by atoms with Gasteiger partial charge in [-0.3, -0.25) is 0 Å². The Balaban J connectivity index is 2.11. The summed E-state index contributed by atoms with van der Waals surface area (Å²) in [6.07, 6.45) is 1.83. The van der Waals surface area contributed by atoms with Gasteiger partial charge in [-0.2, -0.15) is 0 Å². The van der Waals surface area contributed by atoms with Crippen LogP contribution in [-0.4, -0.2) is 18.2 Å². The number of thiazole rings is 1. The van der Waals surface area contributed by atoms with Gasteiger partial charge < -0.3 is 10.5 Å². The van der Waals surface area contributed by atoms with E-state index in [2.05, 4.69) is 16.4 Å². The highest BCUT2D eigenvalue weighted by atomic mass is 35.5. The third-order valence-corrected chi connectivity index (χ3v) is 4.64. The first-order valence-corrected chi connectivity index (χ1v) is 7.52. The van der Waals surface area contributed by atoms with Crippen molar-refractivity contribution in [3.8, 4) is 0 Å². The summed E-state index contributed by atoms with van der Waals surface area (Å²) in [7, 11) is 0. The minimum atomic E-state index is -0.114. The normalized spacial score (nSPS) is 18.4. The Hall–Kier alpha value is -1.10. The summed E-state index contributed by atoms with van der Waals surface area (Å²) in [5, 5.41) is 3.43. The minimum absolute atomic E-state index is 0.114. The Bertz CT molecular complexity index is 578. The molecule has 0 radical (unpaired) electrons. The monoisotopic (exact) mass is 294 g/mol. The molecule has 3 rings (SSSR count). The lowest BCUT2D eigenvalue weighted by molar-refractivity contribution is 0.0620. The van der Waals surface area contributed by atoms with Crippen LogP contribution in [0.1, 0.15) is 24.1 Å². The smallest absolute Gasteiger partial charge is 0.180 e. The summed E-state index contributed by atoms with van der Waals surface area (Å²) < 4.78 is 5.52. The molecule has 0 amide bonds. The van der Waals surface area contributed by atoms with E-state index in [4.69, 9.17) is 22.1 Å². The van der Waals surface area contributed by atoms with Crippen molar-refractivity contribution in [3.63, 3.8) is 0 Å². The van der Waals surface area contributed by atoms with E-state index in [1.165, 1.54) is 16.9 Å². The topological polar surface area (TPSA) is 48.1 Å². The number of aromatic nitrogens is 1. The fourth-order valence-corrected chi connectivity index (χ4v) is 3.56. The summed E-state index contributed by atoms with van der Waals surface area (Å²) in [4.78, 5) is 4.51. The number of rotatable bonds is 2. The quantitative estimate of drug-likeness (QED) is 0.922. The van der Waals surface area contributed by atoms with E-state index in [-0.39, 0.29) is 5.41 Å². The molecule has 3 nitrogen and oxygen atoms in total. The van der Waals surface area contributed by atoms with E-state index in [0.717, 1.165) is 36.8 Å². The van der Waals surface area contributed by atoms with Crippen LogP contribution in [0.2, 0.25) is 5.02 Å². The molecule has 19 heavy (non-hydrogen) atoms. The Morgan fingerprint density at radius 3 is 2.74 bits per heavy atom. The fourth-order valence-electron chi connectivity index (χ4n) is 2.71. The minimum Gasteiger partial charge on any atom is -0.381 e. The lowest BCUT2D eigenvalue weighted by atomic mass is 9.72. The van der Waals surface area contributed by atoms with Crippen LogP contribution < -0.4 is 5.73 Å². The van der Waals surface area contributed by atoms with E-state index in [1.54, 1.807) is 0 Å². The molecule has 0 unspecified atom stereocenters. The van der Waals surface area contributed by atoms with Gasteiger partial charge in [-0.05, 0) is 30.5 Å². The van der Waals surface area contributed by atoms with Crippen LogP contribution in [0.4, 0.5) is 5.13 Å². The lowest BCUT2D eigenvalue weighted by Gasteiger charge is -2.36. The van der Waals surface area contributed by atoms with Gasteiger partial charge in [0.2, 0.25) is 0 Å². The Morgan fingerprint density at radius 1 is 1.32 bits per heavy atom. The molecule has 100 valence electrons. The summed E-state index contributed by atoms with van der Waals surface area (Å²) in [5.41, 5.74) is 7.93. The number of benzene rings is 1. The summed E-state index contributed by atoms with van der Waals surface area (Å²) in [6, 6.07) is 8.03. The zero-order valence-electron chi connectivity index (χ0n) is 10.4. The molecule has 1 fully saturated rings. The number of ether oxygens (including phenoxy) is 1. The highest BCUT2D eigenvalue weighted by Crippen LogP contribution is 2.42. The number of hydrogen-bond acceptors (Lipinski definition) is 4. The average molecular weight is 295 g/mol. The van der Waals surface area contributed by atoms with Crippen LogP contribution in [-0.2, 0) is 10.2 Å². The van der Waals surface area contributed by atoms with Crippen molar-refractivity contribution in [2.24, 2.45) is 0 Å². The second-order valence-electron chi connectivity index (χ2n) is 4.78. The van der Waals surface area contributed by atoms with Gasteiger partial charge in [-0.15, -0.1) is 11.3 Å². The predicted molar refractivity (Wildman–Crippen MR) is 78.8 cm³/mol. The second-order valence-corrected chi connectivity index (χ2v) is 6.10. The Morgan fingerprint density at radius 2 is 2.11 bits per heavy atom. The molecule has 1 saturated heterocycles. The molecule has 0 saturated carbocycles. The van der Waals surface area contributed by atoms with Gasteiger partial charge in [0.05, 0.1) is 5.69 Å². The molecule has 2 aromatic rings. The van der Waals surface area contributed by atoms with Crippen molar-refractivity contribution in [1.29, 1.82) is 0 Å². The van der Waals surface area contributed by atoms with E-state index in [1.807, 2.05) is 18.2 Å². The Kier molecular flexibility index (Phi) is 3.48. The zero-order chi connectivity index (χ0) is 13.3. The largest absolute Gasteiger partial charge is 0.381 e. The summed E-state index contributed by atoms with van der Waals surface area (Å²) in [6.45, 7) is 1.48. The van der Waals surface area contributed by atoms with Gasteiger partial charge >= 0.3 is 0 Å². The number of nitrogens with zero attached hydrogens (tertiary/aromatic N) is 1. The van der Waals surface area contributed by atoms with E-state index < -0.39 is 0 Å². The van der Waals surface area contributed by atoms with Crippen LogP contribution in [0, 0.1) is 0 Å². The standard InChI is InChI=1S/C14H15ClN2OS/c15-11-3-1-2-10(8-11)14(4-6-18-7-5-14)12-9-19-13(16)17-12/h1-3,8-9H,4-7H2,(H2,16,17). The van der Waals surface area contributed by atoms with Crippen molar-refractivity contribution in [3.05, 3.63) is 45.9 Å². The molecule has 0 atom stereocenters. The predicted octanol–water partition coefficient (Wildman–Crippen LogP) is 3.48. The van der Waals surface area contributed by atoms with Crippen molar-refractivity contribution in [1.82, 2.24) is 4.98 Å². The number of nitrogen functional groups attached to an aromatic ring is 1. The van der Waals surface area contributed by atoms with Crippen molar-refractivity contribution in [2.45, 2.75) is 18.3 Å². The SMILES string of the molecule is Nc1nc(C2(c3cccc(Cl)c3)CCOCC2)cs1. The van der Waals surface area contributed by atoms with Gasteiger partial charge in [-0.1, -0.05) is 23.7 Å². The maximum Gasteiger partial charge on any atom is 0.180 e. The van der Waals surface area contributed by atoms with Crippen LogP contribution in [0.3, 0.4) is 0 Å².